The van der Waals surface area contributed by atoms with Gasteiger partial charge in [0.25, 0.3) is 0 Å². The molecule has 6 atom stereocenters. The van der Waals surface area contributed by atoms with Crippen LogP contribution >= 0.6 is 0 Å². The van der Waals surface area contributed by atoms with Crippen LogP contribution in [-0.2, 0) is 25.6 Å². The Kier molecular flexibility index (Phi) is 7.08. The molecule has 7 nitrogen and oxygen atoms in total. The highest BCUT2D eigenvalue weighted by Crippen LogP contribution is 2.36. The van der Waals surface area contributed by atoms with E-state index in [4.69, 9.17) is 28.4 Å². The number of fused-ring (bicyclic) bond motifs is 1. The van der Waals surface area contributed by atoms with Crippen LogP contribution in [0.25, 0.3) is 0 Å². The Morgan fingerprint density at radius 1 is 0.853 bits per heavy atom. The fourth-order valence-electron chi connectivity index (χ4n) is 4.17. The first kappa shape index (κ1) is 22.8. The minimum Gasteiger partial charge on any atom is -0.497 e. The van der Waals surface area contributed by atoms with E-state index >= 15 is 0 Å². The molecule has 0 spiro atoms. The molecule has 2 aliphatic rings. The lowest BCUT2D eigenvalue weighted by atomic mass is 9.97. The largest absolute Gasteiger partial charge is 0.497 e. The molecule has 0 saturated carbocycles. The smallest absolute Gasteiger partial charge is 0.229 e. The summed E-state index contributed by atoms with van der Waals surface area (Å²) in [5.74, 6) is 1.29. The van der Waals surface area contributed by atoms with Crippen LogP contribution < -0.4 is 9.47 Å². The van der Waals surface area contributed by atoms with Crippen LogP contribution in [0.15, 0.2) is 84.9 Å². The van der Waals surface area contributed by atoms with Crippen LogP contribution in [0.1, 0.15) is 17.4 Å². The SMILES string of the molecule is COc1ccc(O[C@@H]2O[C@@H]3CO[C@H](c4ccccc4)O[C@@H]3[C@H](O)[C@H]2OCc2ccccc2)cc1. The highest BCUT2D eigenvalue weighted by atomic mass is 16.8. The Labute approximate surface area is 198 Å². The summed E-state index contributed by atoms with van der Waals surface area (Å²) in [6, 6.07) is 26.6. The van der Waals surface area contributed by atoms with Crippen molar-refractivity contribution in [3.05, 3.63) is 96.1 Å². The first-order valence-electron chi connectivity index (χ1n) is 11.3. The maximum atomic E-state index is 11.4. The zero-order chi connectivity index (χ0) is 23.3. The van der Waals surface area contributed by atoms with Crippen LogP contribution in [0, 0.1) is 0 Å². The van der Waals surface area contributed by atoms with Gasteiger partial charge >= 0.3 is 0 Å². The third kappa shape index (κ3) is 5.09. The minimum atomic E-state index is -0.985. The molecule has 7 heteroatoms. The zero-order valence-corrected chi connectivity index (χ0v) is 18.9. The summed E-state index contributed by atoms with van der Waals surface area (Å²) in [4.78, 5) is 0. The predicted molar refractivity (Wildman–Crippen MR) is 123 cm³/mol. The number of benzene rings is 3. The normalized spacial score (nSPS) is 28.6. The number of methoxy groups -OCH3 is 1. The Morgan fingerprint density at radius 3 is 2.24 bits per heavy atom. The van der Waals surface area contributed by atoms with Crippen molar-refractivity contribution in [2.75, 3.05) is 13.7 Å². The van der Waals surface area contributed by atoms with Gasteiger partial charge in [0.05, 0.1) is 20.3 Å². The maximum Gasteiger partial charge on any atom is 0.229 e. The van der Waals surface area contributed by atoms with Crippen molar-refractivity contribution in [3.63, 3.8) is 0 Å². The molecule has 2 saturated heterocycles. The highest BCUT2D eigenvalue weighted by Gasteiger charge is 2.51. The number of aliphatic hydroxyl groups excluding tert-OH is 1. The molecule has 34 heavy (non-hydrogen) atoms. The first-order valence-corrected chi connectivity index (χ1v) is 11.3. The molecular weight excluding hydrogens is 436 g/mol. The van der Waals surface area contributed by atoms with Gasteiger partial charge < -0.3 is 33.5 Å². The summed E-state index contributed by atoms with van der Waals surface area (Å²) in [6.07, 6.45) is -4.34. The van der Waals surface area contributed by atoms with E-state index in [-0.39, 0.29) is 6.61 Å². The third-order valence-electron chi connectivity index (χ3n) is 5.98. The van der Waals surface area contributed by atoms with E-state index < -0.39 is 37.0 Å². The molecule has 3 aromatic rings. The lowest BCUT2D eigenvalue weighted by molar-refractivity contribution is -0.355. The molecule has 3 aromatic carbocycles. The quantitative estimate of drug-likeness (QED) is 0.569. The van der Waals surface area contributed by atoms with Gasteiger partial charge in [0.15, 0.2) is 6.29 Å². The van der Waals surface area contributed by atoms with Crippen LogP contribution in [0.3, 0.4) is 0 Å². The predicted octanol–water partition coefficient (Wildman–Crippen LogP) is 3.86. The van der Waals surface area contributed by atoms with Crippen molar-refractivity contribution in [2.45, 2.75) is 43.6 Å². The Morgan fingerprint density at radius 2 is 1.53 bits per heavy atom. The Hall–Kier alpha value is -2.94. The lowest BCUT2D eigenvalue weighted by Crippen LogP contribution is -2.63. The van der Waals surface area contributed by atoms with Crippen LogP contribution in [0.4, 0.5) is 0 Å². The van der Waals surface area contributed by atoms with Gasteiger partial charge in [-0.3, -0.25) is 0 Å². The summed E-state index contributed by atoms with van der Waals surface area (Å²) < 4.78 is 35.8. The molecule has 178 valence electrons. The lowest BCUT2D eigenvalue weighted by Gasteiger charge is -2.47. The van der Waals surface area contributed by atoms with Gasteiger partial charge in [0.1, 0.15) is 35.9 Å². The number of rotatable bonds is 7. The standard InChI is InChI=1S/C27H28O7/c1-29-20-12-14-21(15-13-20)32-27-25(30-16-18-8-4-2-5-9-18)23(28)24-22(33-27)17-31-26(34-24)19-10-6-3-7-11-19/h2-15,22-28H,16-17H2,1H3/t22-,23+,24+,25-,26+,27-/m1/s1. The first-order chi connectivity index (χ1) is 16.7. The van der Waals surface area contributed by atoms with Crippen LogP contribution in [0.2, 0.25) is 0 Å². The topological polar surface area (TPSA) is 75.6 Å². The average molecular weight is 465 g/mol. The summed E-state index contributed by atoms with van der Waals surface area (Å²) >= 11 is 0. The highest BCUT2D eigenvalue weighted by molar-refractivity contribution is 5.31. The van der Waals surface area contributed by atoms with E-state index in [0.29, 0.717) is 12.4 Å². The number of ether oxygens (including phenoxy) is 6. The Balaban J connectivity index is 1.34. The molecule has 1 N–H and O–H groups in total. The van der Waals surface area contributed by atoms with Gasteiger partial charge in [-0.1, -0.05) is 60.7 Å². The van der Waals surface area contributed by atoms with Gasteiger partial charge in [-0.15, -0.1) is 0 Å². The molecule has 0 aliphatic carbocycles. The van der Waals surface area contributed by atoms with E-state index in [1.54, 1.807) is 31.4 Å². The van der Waals surface area contributed by atoms with Crippen molar-refractivity contribution < 1.29 is 33.5 Å². The van der Waals surface area contributed by atoms with Crippen molar-refractivity contribution in [2.24, 2.45) is 0 Å². The van der Waals surface area contributed by atoms with Crippen molar-refractivity contribution >= 4 is 0 Å². The number of aliphatic hydroxyl groups is 1. The fraction of sp³-hybridized carbons (Fsp3) is 0.333. The second kappa shape index (κ2) is 10.5. The molecule has 0 radical (unpaired) electrons. The van der Waals surface area contributed by atoms with Gasteiger partial charge in [-0.2, -0.15) is 0 Å². The number of hydrogen-bond donors (Lipinski definition) is 1. The van der Waals surface area contributed by atoms with E-state index in [1.807, 2.05) is 60.7 Å². The summed E-state index contributed by atoms with van der Waals surface area (Å²) in [5.41, 5.74) is 1.86. The van der Waals surface area contributed by atoms with E-state index in [0.717, 1.165) is 16.9 Å². The van der Waals surface area contributed by atoms with Gasteiger partial charge in [0, 0.05) is 5.56 Å². The van der Waals surface area contributed by atoms with Crippen molar-refractivity contribution in [1.29, 1.82) is 0 Å². The molecule has 2 aliphatic heterocycles. The van der Waals surface area contributed by atoms with E-state index in [1.165, 1.54) is 0 Å². The average Bonchev–Trinajstić information content (AvgIpc) is 2.90. The third-order valence-corrected chi connectivity index (χ3v) is 5.98. The van der Waals surface area contributed by atoms with E-state index in [9.17, 15) is 5.11 Å². The summed E-state index contributed by atoms with van der Waals surface area (Å²) in [5, 5.41) is 11.4. The molecular formula is C27H28O7. The monoisotopic (exact) mass is 464 g/mol. The molecule has 2 fully saturated rings. The second-order valence-corrected chi connectivity index (χ2v) is 8.26. The number of hydrogen-bond acceptors (Lipinski definition) is 7. The summed E-state index contributed by atoms with van der Waals surface area (Å²) in [6.45, 7) is 0.555. The van der Waals surface area contributed by atoms with Crippen LogP contribution in [0.5, 0.6) is 11.5 Å². The maximum absolute atomic E-state index is 11.4. The molecule has 0 aromatic heterocycles. The molecule has 0 amide bonds. The van der Waals surface area contributed by atoms with Gasteiger partial charge in [-0.05, 0) is 29.8 Å². The molecule has 0 bridgehead atoms. The van der Waals surface area contributed by atoms with Crippen molar-refractivity contribution in [3.8, 4) is 11.5 Å². The molecule has 2 heterocycles. The summed E-state index contributed by atoms with van der Waals surface area (Å²) in [7, 11) is 1.61. The van der Waals surface area contributed by atoms with Gasteiger partial charge in [0.2, 0.25) is 6.29 Å². The zero-order valence-electron chi connectivity index (χ0n) is 18.9. The van der Waals surface area contributed by atoms with Crippen LogP contribution in [-0.4, -0.2) is 49.5 Å². The molecule has 0 unspecified atom stereocenters. The minimum absolute atomic E-state index is 0.259. The molecule has 5 rings (SSSR count). The van der Waals surface area contributed by atoms with Gasteiger partial charge in [-0.25, -0.2) is 0 Å². The van der Waals surface area contributed by atoms with Crippen molar-refractivity contribution in [1.82, 2.24) is 0 Å². The van der Waals surface area contributed by atoms with E-state index in [2.05, 4.69) is 0 Å². The second-order valence-electron chi connectivity index (χ2n) is 8.26. The fourth-order valence-corrected chi connectivity index (χ4v) is 4.17. The Bertz CT molecular complexity index is 1030.